The highest BCUT2D eigenvalue weighted by molar-refractivity contribution is 5.93. The summed E-state index contributed by atoms with van der Waals surface area (Å²) in [5, 5.41) is 12.5. The van der Waals surface area contributed by atoms with Gasteiger partial charge in [0.15, 0.2) is 0 Å². The molecule has 0 aliphatic heterocycles. The number of carbonyl (C=O) groups is 1. The van der Waals surface area contributed by atoms with Crippen LogP contribution in [0.25, 0.3) is 10.8 Å². The van der Waals surface area contributed by atoms with E-state index in [1.807, 2.05) is 52.5 Å². The van der Waals surface area contributed by atoms with E-state index in [1.165, 1.54) is 0 Å². The largest absolute Gasteiger partial charge is 0.481 e. The lowest BCUT2D eigenvalue weighted by Gasteiger charge is -2.32. The Kier molecular flexibility index (Phi) is 7.18. The van der Waals surface area contributed by atoms with Crippen LogP contribution in [-0.4, -0.2) is 62.2 Å². The molecule has 0 saturated carbocycles. The first-order chi connectivity index (χ1) is 12.4. The fourth-order valence-corrected chi connectivity index (χ4v) is 3.76. The van der Waals surface area contributed by atoms with Gasteiger partial charge in [-0.3, -0.25) is 4.79 Å². The lowest BCUT2D eigenvalue weighted by atomic mass is 9.71. The number of carboxylic acid groups (broad SMARTS) is 1. The van der Waals surface area contributed by atoms with E-state index in [-0.39, 0.29) is 0 Å². The Hall–Kier alpha value is -1.91. The Balaban J connectivity index is 2.46. The van der Waals surface area contributed by atoms with Crippen molar-refractivity contribution in [1.82, 2.24) is 9.80 Å². The van der Waals surface area contributed by atoms with Crippen molar-refractivity contribution in [3.8, 4) is 0 Å². The molecular formula is C22H32N2O2. The number of rotatable bonds is 10. The number of benzene rings is 2. The average Bonchev–Trinajstić information content (AvgIpc) is 2.59. The minimum absolute atomic E-state index is 0.655. The summed E-state index contributed by atoms with van der Waals surface area (Å²) in [7, 11) is 8.14. The lowest BCUT2D eigenvalue weighted by molar-refractivity contribution is -0.144. The van der Waals surface area contributed by atoms with Crippen LogP contribution in [0.3, 0.4) is 0 Å². The second-order valence-electron chi connectivity index (χ2n) is 7.73. The van der Waals surface area contributed by atoms with Gasteiger partial charge in [-0.05, 0) is 83.3 Å². The molecule has 4 heteroatoms. The number of fused-ring (bicyclic) bond motifs is 1. The number of aliphatic carboxylic acids is 1. The molecule has 0 atom stereocenters. The molecule has 0 bridgehead atoms. The van der Waals surface area contributed by atoms with Crippen LogP contribution in [0.5, 0.6) is 0 Å². The number of hydrogen-bond donors (Lipinski definition) is 1. The Morgan fingerprint density at radius 2 is 1.42 bits per heavy atom. The molecule has 142 valence electrons. The normalized spacial score (nSPS) is 12.2. The quantitative estimate of drug-likeness (QED) is 0.702. The van der Waals surface area contributed by atoms with Crippen LogP contribution in [0.2, 0.25) is 0 Å². The van der Waals surface area contributed by atoms with E-state index < -0.39 is 11.4 Å². The molecule has 0 aromatic heterocycles. The minimum atomic E-state index is -0.840. The SMILES string of the molecule is CN(C)CCCC(CCCN(C)C)(C(=O)O)c1cccc2ccccc12. The van der Waals surface area contributed by atoms with Crippen molar-refractivity contribution in [3.05, 3.63) is 48.0 Å². The van der Waals surface area contributed by atoms with Gasteiger partial charge >= 0.3 is 5.97 Å². The first kappa shape index (κ1) is 20.4. The Morgan fingerprint density at radius 3 is 1.96 bits per heavy atom. The third kappa shape index (κ3) is 4.83. The van der Waals surface area contributed by atoms with Crippen molar-refractivity contribution in [2.75, 3.05) is 41.3 Å². The number of nitrogens with zero attached hydrogens (tertiary/aromatic N) is 2. The van der Waals surface area contributed by atoms with Crippen LogP contribution in [0.15, 0.2) is 42.5 Å². The zero-order chi connectivity index (χ0) is 19.2. The Labute approximate surface area is 157 Å². The highest BCUT2D eigenvalue weighted by Crippen LogP contribution is 2.39. The molecule has 0 aliphatic rings. The highest BCUT2D eigenvalue weighted by atomic mass is 16.4. The number of hydrogen-bond acceptors (Lipinski definition) is 3. The van der Waals surface area contributed by atoms with Crippen molar-refractivity contribution in [3.63, 3.8) is 0 Å². The first-order valence-corrected chi connectivity index (χ1v) is 9.38. The van der Waals surface area contributed by atoms with Gasteiger partial charge in [-0.1, -0.05) is 42.5 Å². The van der Waals surface area contributed by atoms with Gasteiger partial charge in [0.05, 0.1) is 5.41 Å². The third-order valence-electron chi connectivity index (χ3n) is 5.13. The van der Waals surface area contributed by atoms with Crippen LogP contribution in [-0.2, 0) is 10.2 Å². The molecule has 1 N–H and O–H groups in total. The zero-order valence-corrected chi connectivity index (χ0v) is 16.5. The number of carboxylic acids is 1. The lowest BCUT2D eigenvalue weighted by Crippen LogP contribution is -2.37. The van der Waals surface area contributed by atoms with Crippen molar-refractivity contribution >= 4 is 16.7 Å². The highest BCUT2D eigenvalue weighted by Gasteiger charge is 2.40. The zero-order valence-electron chi connectivity index (χ0n) is 16.5. The van der Waals surface area contributed by atoms with Crippen molar-refractivity contribution in [1.29, 1.82) is 0 Å². The molecule has 2 aromatic carbocycles. The summed E-state index contributed by atoms with van der Waals surface area (Å²) in [5.74, 6) is -0.702. The molecule has 2 rings (SSSR count). The van der Waals surface area contributed by atoms with Crippen molar-refractivity contribution < 1.29 is 9.90 Å². The smallest absolute Gasteiger partial charge is 0.314 e. The summed E-state index contributed by atoms with van der Waals surface area (Å²) in [6, 6.07) is 14.2. The molecule has 2 aromatic rings. The maximum Gasteiger partial charge on any atom is 0.314 e. The maximum absolute atomic E-state index is 12.6. The summed E-state index contributed by atoms with van der Waals surface area (Å²) in [6.45, 7) is 1.79. The van der Waals surface area contributed by atoms with E-state index in [4.69, 9.17) is 0 Å². The van der Waals surface area contributed by atoms with Crippen LogP contribution >= 0.6 is 0 Å². The Bertz CT molecular complexity index is 706. The summed E-state index contributed by atoms with van der Waals surface area (Å²) >= 11 is 0. The second-order valence-corrected chi connectivity index (χ2v) is 7.73. The molecule has 0 heterocycles. The standard InChI is InChI=1S/C22H32N2O2/c1-23(2)16-8-14-22(21(25)26,15-9-17-24(3)4)20-13-7-11-18-10-5-6-12-19(18)20/h5-7,10-13H,8-9,14-17H2,1-4H3,(H,25,26). The fraction of sp³-hybridized carbons (Fsp3) is 0.500. The van der Waals surface area contributed by atoms with Crippen LogP contribution in [0, 0.1) is 0 Å². The molecule has 0 radical (unpaired) electrons. The molecule has 0 amide bonds. The fourth-order valence-electron chi connectivity index (χ4n) is 3.76. The molecule has 0 unspecified atom stereocenters. The summed E-state index contributed by atoms with van der Waals surface area (Å²) in [6.07, 6.45) is 3.04. The molecule has 0 saturated heterocycles. The molecule has 0 spiro atoms. The predicted molar refractivity (Wildman–Crippen MR) is 109 cm³/mol. The van der Waals surface area contributed by atoms with E-state index >= 15 is 0 Å². The molecule has 0 aliphatic carbocycles. The van der Waals surface area contributed by atoms with Gasteiger partial charge in [0.1, 0.15) is 0 Å². The molecular weight excluding hydrogens is 324 g/mol. The van der Waals surface area contributed by atoms with Crippen molar-refractivity contribution in [2.24, 2.45) is 0 Å². The second kappa shape index (κ2) is 9.15. The van der Waals surface area contributed by atoms with Gasteiger partial charge in [-0.2, -0.15) is 0 Å². The van der Waals surface area contributed by atoms with Gasteiger partial charge in [-0.25, -0.2) is 0 Å². The van der Waals surface area contributed by atoms with Gasteiger partial charge < -0.3 is 14.9 Å². The Morgan fingerprint density at radius 1 is 0.885 bits per heavy atom. The van der Waals surface area contributed by atoms with Gasteiger partial charge in [-0.15, -0.1) is 0 Å². The third-order valence-corrected chi connectivity index (χ3v) is 5.13. The summed E-state index contributed by atoms with van der Waals surface area (Å²) in [4.78, 5) is 16.8. The average molecular weight is 357 g/mol. The molecule has 4 nitrogen and oxygen atoms in total. The summed E-state index contributed by atoms with van der Waals surface area (Å²) in [5.41, 5.74) is 0.119. The van der Waals surface area contributed by atoms with Crippen molar-refractivity contribution in [2.45, 2.75) is 31.1 Å². The van der Waals surface area contributed by atoms with Crippen LogP contribution in [0.1, 0.15) is 31.2 Å². The maximum atomic E-state index is 12.6. The van der Waals surface area contributed by atoms with Gasteiger partial charge in [0.25, 0.3) is 0 Å². The van der Waals surface area contributed by atoms with E-state index in [2.05, 4.69) is 28.0 Å². The molecule has 26 heavy (non-hydrogen) atoms. The first-order valence-electron chi connectivity index (χ1n) is 9.38. The molecule has 0 fully saturated rings. The van der Waals surface area contributed by atoms with Crippen LogP contribution in [0.4, 0.5) is 0 Å². The van der Waals surface area contributed by atoms with E-state index in [9.17, 15) is 9.90 Å². The van der Waals surface area contributed by atoms with E-state index in [0.717, 1.165) is 42.3 Å². The monoisotopic (exact) mass is 356 g/mol. The van der Waals surface area contributed by atoms with Crippen LogP contribution < -0.4 is 0 Å². The topological polar surface area (TPSA) is 43.8 Å². The minimum Gasteiger partial charge on any atom is -0.481 e. The predicted octanol–water partition coefficient (Wildman–Crippen LogP) is 3.85. The van der Waals surface area contributed by atoms with E-state index in [0.29, 0.717) is 12.8 Å². The van der Waals surface area contributed by atoms with E-state index in [1.54, 1.807) is 0 Å². The van der Waals surface area contributed by atoms with Gasteiger partial charge in [0.2, 0.25) is 0 Å². The summed E-state index contributed by atoms with van der Waals surface area (Å²) < 4.78 is 0. The van der Waals surface area contributed by atoms with Gasteiger partial charge in [0, 0.05) is 0 Å².